The maximum Gasteiger partial charge on any atom is 0.326 e. The van der Waals surface area contributed by atoms with E-state index in [1.165, 1.54) is 7.11 Å². The van der Waals surface area contributed by atoms with E-state index in [0.29, 0.717) is 5.75 Å². The summed E-state index contributed by atoms with van der Waals surface area (Å²) in [6.45, 7) is -0.295. The number of amides is 1. The van der Waals surface area contributed by atoms with Gasteiger partial charge in [-0.15, -0.1) is 0 Å². The predicted octanol–water partition coefficient (Wildman–Crippen LogP) is 0.189. The Morgan fingerprint density at radius 3 is 2.74 bits per heavy atom. The third kappa shape index (κ3) is 4.97. The Labute approximate surface area is 111 Å². The molecule has 1 rings (SSSR count). The molecule has 0 bridgehead atoms. The smallest absolute Gasteiger partial charge is 0.326 e. The molecule has 0 aromatic heterocycles. The Morgan fingerprint density at radius 2 is 2.16 bits per heavy atom. The molecular weight excluding hydrogens is 250 g/mol. The summed E-state index contributed by atoms with van der Waals surface area (Å²) in [4.78, 5) is 22.5. The number of carbonyl (C=O) groups excluding carboxylic acids is 1. The molecule has 19 heavy (non-hydrogen) atoms. The number of carboxylic acid groups (broad SMARTS) is 1. The number of hydrogen-bond donors (Lipinski definition) is 3. The zero-order valence-corrected chi connectivity index (χ0v) is 10.6. The van der Waals surface area contributed by atoms with E-state index < -0.39 is 17.9 Å². The molecule has 6 heteroatoms. The SMILES string of the molecule is COc1cccc(CC(=O)N[C@@H](CCO)C(=O)O)c1. The lowest BCUT2D eigenvalue weighted by Crippen LogP contribution is -2.42. The molecule has 0 radical (unpaired) electrons. The average molecular weight is 267 g/mol. The largest absolute Gasteiger partial charge is 0.497 e. The number of carboxylic acids is 1. The fraction of sp³-hybridized carbons (Fsp3) is 0.385. The Hall–Kier alpha value is -2.08. The number of hydrogen-bond acceptors (Lipinski definition) is 4. The molecule has 1 amide bonds. The lowest BCUT2D eigenvalue weighted by Gasteiger charge is -2.13. The first-order valence-corrected chi connectivity index (χ1v) is 5.82. The summed E-state index contributed by atoms with van der Waals surface area (Å²) < 4.78 is 5.04. The minimum atomic E-state index is -1.16. The Kier molecular flexibility index (Phi) is 5.81. The molecule has 0 aliphatic heterocycles. The zero-order valence-electron chi connectivity index (χ0n) is 10.6. The quantitative estimate of drug-likeness (QED) is 0.655. The summed E-state index contributed by atoms with van der Waals surface area (Å²) in [7, 11) is 1.53. The normalized spacial score (nSPS) is 11.7. The molecule has 0 spiro atoms. The molecule has 1 atom stereocenters. The van der Waals surface area contributed by atoms with E-state index in [-0.39, 0.29) is 19.4 Å². The Bertz CT molecular complexity index is 446. The van der Waals surface area contributed by atoms with Crippen molar-refractivity contribution in [1.29, 1.82) is 0 Å². The van der Waals surface area contributed by atoms with Crippen LogP contribution >= 0.6 is 0 Å². The van der Waals surface area contributed by atoms with E-state index in [1.54, 1.807) is 24.3 Å². The van der Waals surface area contributed by atoms with Gasteiger partial charge in [0.1, 0.15) is 11.8 Å². The molecule has 104 valence electrons. The summed E-state index contributed by atoms with van der Waals surface area (Å²) in [6, 6.07) is 5.91. The van der Waals surface area contributed by atoms with Crippen LogP contribution in [-0.4, -0.2) is 41.8 Å². The van der Waals surface area contributed by atoms with Gasteiger partial charge in [0.05, 0.1) is 13.5 Å². The van der Waals surface area contributed by atoms with Crippen LogP contribution in [0.25, 0.3) is 0 Å². The van der Waals surface area contributed by atoms with Gasteiger partial charge in [0.15, 0.2) is 0 Å². The second kappa shape index (κ2) is 7.38. The first-order chi connectivity index (χ1) is 9.06. The van der Waals surface area contributed by atoms with Crippen molar-refractivity contribution in [2.75, 3.05) is 13.7 Å². The molecular formula is C13H17NO5. The van der Waals surface area contributed by atoms with Crippen LogP contribution in [0.3, 0.4) is 0 Å². The second-order valence-electron chi connectivity index (χ2n) is 4.00. The van der Waals surface area contributed by atoms with E-state index in [0.717, 1.165) is 5.56 Å². The maximum absolute atomic E-state index is 11.7. The van der Waals surface area contributed by atoms with Gasteiger partial charge in [-0.3, -0.25) is 4.79 Å². The van der Waals surface area contributed by atoms with Crippen LogP contribution in [0.5, 0.6) is 5.75 Å². The van der Waals surface area contributed by atoms with Gasteiger partial charge in [0, 0.05) is 13.0 Å². The molecule has 0 heterocycles. The standard InChI is InChI=1S/C13H17NO5/c1-19-10-4-2-3-9(7-10)8-12(16)14-11(5-6-15)13(17)18/h2-4,7,11,15H,5-6,8H2,1H3,(H,14,16)(H,17,18)/t11-/m0/s1. The highest BCUT2D eigenvalue weighted by molar-refractivity contribution is 5.84. The summed E-state index contributed by atoms with van der Waals surface area (Å²) in [6.07, 6.45) is 0.0472. The number of carbonyl (C=O) groups is 2. The highest BCUT2D eigenvalue weighted by Crippen LogP contribution is 2.12. The van der Waals surface area contributed by atoms with Crippen molar-refractivity contribution in [2.24, 2.45) is 0 Å². The van der Waals surface area contributed by atoms with E-state index in [9.17, 15) is 9.59 Å². The fourth-order valence-electron chi connectivity index (χ4n) is 1.60. The third-order valence-electron chi connectivity index (χ3n) is 2.55. The van der Waals surface area contributed by atoms with Crippen LogP contribution in [0, 0.1) is 0 Å². The molecule has 0 aliphatic rings. The Balaban J connectivity index is 2.60. The van der Waals surface area contributed by atoms with Crippen LogP contribution in [-0.2, 0) is 16.0 Å². The number of rotatable bonds is 7. The number of aliphatic hydroxyl groups excluding tert-OH is 1. The van der Waals surface area contributed by atoms with Crippen molar-refractivity contribution in [3.8, 4) is 5.75 Å². The van der Waals surface area contributed by atoms with Crippen molar-refractivity contribution < 1.29 is 24.5 Å². The summed E-state index contributed by atoms with van der Waals surface area (Å²) in [5.74, 6) is -0.933. The second-order valence-corrected chi connectivity index (χ2v) is 4.00. The van der Waals surface area contributed by atoms with Crippen LogP contribution in [0.15, 0.2) is 24.3 Å². The van der Waals surface area contributed by atoms with E-state index in [4.69, 9.17) is 14.9 Å². The van der Waals surface area contributed by atoms with Gasteiger partial charge in [-0.1, -0.05) is 12.1 Å². The monoisotopic (exact) mass is 267 g/mol. The number of aliphatic carboxylic acids is 1. The topological polar surface area (TPSA) is 95.9 Å². The number of aliphatic hydroxyl groups is 1. The van der Waals surface area contributed by atoms with E-state index in [2.05, 4.69) is 5.32 Å². The molecule has 1 aromatic carbocycles. The summed E-state index contributed by atoms with van der Waals surface area (Å²) >= 11 is 0. The molecule has 0 aliphatic carbocycles. The number of methoxy groups -OCH3 is 1. The molecule has 0 saturated heterocycles. The zero-order chi connectivity index (χ0) is 14.3. The number of ether oxygens (including phenoxy) is 1. The van der Waals surface area contributed by atoms with Crippen LogP contribution < -0.4 is 10.1 Å². The number of nitrogens with one attached hydrogen (secondary N) is 1. The molecule has 1 aromatic rings. The maximum atomic E-state index is 11.7. The van der Waals surface area contributed by atoms with Gasteiger partial charge in [-0.25, -0.2) is 4.79 Å². The van der Waals surface area contributed by atoms with Gasteiger partial charge in [0.25, 0.3) is 0 Å². The summed E-state index contributed by atoms with van der Waals surface area (Å²) in [5.41, 5.74) is 0.727. The first kappa shape index (κ1) is 15.0. The van der Waals surface area contributed by atoms with Gasteiger partial charge >= 0.3 is 5.97 Å². The van der Waals surface area contributed by atoms with Crippen LogP contribution in [0.1, 0.15) is 12.0 Å². The predicted molar refractivity (Wildman–Crippen MR) is 68.0 cm³/mol. The van der Waals surface area contributed by atoms with Crippen molar-refractivity contribution >= 4 is 11.9 Å². The minimum absolute atomic E-state index is 0.0147. The summed E-state index contributed by atoms with van der Waals surface area (Å²) in [5, 5.41) is 19.9. The molecule has 3 N–H and O–H groups in total. The van der Waals surface area contributed by atoms with Crippen LogP contribution in [0.2, 0.25) is 0 Å². The van der Waals surface area contributed by atoms with E-state index in [1.807, 2.05) is 0 Å². The van der Waals surface area contributed by atoms with Gasteiger partial charge in [-0.2, -0.15) is 0 Å². The van der Waals surface area contributed by atoms with Gasteiger partial charge < -0.3 is 20.3 Å². The highest BCUT2D eigenvalue weighted by atomic mass is 16.5. The van der Waals surface area contributed by atoms with Crippen LogP contribution in [0.4, 0.5) is 0 Å². The van der Waals surface area contributed by atoms with Gasteiger partial charge in [-0.05, 0) is 17.7 Å². The van der Waals surface area contributed by atoms with Crippen molar-refractivity contribution in [1.82, 2.24) is 5.32 Å². The third-order valence-corrected chi connectivity index (χ3v) is 2.55. The number of benzene rings is 1. The van der Waals surface area contributed by atoms with Gasteiger partial charge in [0.2, 0.25) is 5.91 Å². The van der Waals surface area contributed by atoms with Crippen molar-refractivity contribution in [2.45, 2.75) is 18.9 Å². The molecule has 0 fully saturated rings. The average Bonchev–Trinajstić information content (AvgIpc) is 2.38. The fourth-order valence-corrected chi connectivity index (χ4v) is 1.60. The van der Waals surface area contributed by atoms with Crippen molar-refractivity contribution in [3.63, 3.8) is 0 Å². The lowest BCUT2D eigenvalue weighted by atomic mass is 10.1. The molecule has 0 unspecified atom stereocenters. The van der Waals surface area contributed by atoms with Crippen molar-refractivity contribution in [3.05, 3.63) is 29.8 Å². The van der Waals surface area contributed by atoms with E-state index >= 15 is 0 Å². The Morgan fingerprint density at radius 1 is 1.42 bits per heavy atom. The lowest BCUT2D eigenvalue weighted by molar-refractivity contribution is -0.142. The molecule has 6 nitrogen and oxygen atoms in total. The highest BCUT2D eigenvalue weighted by Gasteiger charge is 2.19. The first-order valence-electron chi connectivity index (χ1n) is 5.82. The molecule has 0 saturated carbocycles. The minimum Gasteiger partial charge on any atom is -0.497 e.